The highest BCUT2D eigenvalue weighted by molar-refractivity contribution is 5.76. The highest BCUT2D eigenvalue weighted by atomic mass is 16.6. The molecule has 0 radical (unpaired) electrons. The van der Waals surface area contributed by atoms with E-state index in [0.29, 0.717) is 12.5 Å². The summed E-state index contributed by atoms with van der Waals surface area (Å²) in [5.41, 5.74) is 5.02. The van der Waals surface area contributed by atoms with Crippen molar-refractivity contribution >= 4 is 11.7 Å². The molecule has 4 aliphatic rings. The number of carbonyl (C=O) groups is 1. The second-order valence-corrected chi connectivity index (χ2v) is 10.9. The van der Waals surface area contributed by atoms with E-state index in [-0.39, 0.29) is 29.3 Å². The van der Waals surface area contributed by atoms with Crippen LogP contribution in [0.3, 0.4) is 0 Å². The number of anilines is 1. The fraction of sp³-hybridized carbons (Fsp3) is 0.667. The Hall–Kier alpha value is -1.85. The molecule has 3 fully saturated rings. The van der Waals surface area contributed by atoms with Crippen LogP contribution in [0.25, 0.3) is 0 Å². The third kappa shape index (κ3) is 3.49. The summed E-state index contributed by atoms with van der Waals surface area (Å²) in [6.07, 6.45) is 4.59. The van der Waals surface area contributed by atoms with Gasteiger partial charge in [0.2, 0.25) is 0 Å². The zero-order valence-electron chi connectivity index (χ0n) is 20.0. The van der Waals surface area contributed by atoms with Gasteiger partial charge in [0.25, 0.3) is 0 Å². The first-order valence-corrected chi connectivity index (χ1v) is 12.4. The van der Waals surface area contributed by atoms with Crippen molar-refractivity contribution in [3.8, 4) is 0 Å². The van der Waals surface area contributed by atoms with Crippen molar-refractivity contribution in [2.75, 3.05) is 37.6 Å². The summed E-state index contributed by atoms with van der Waals surface area (Å²) in [6.45, 7) is 13.3. The third-order valence-electron chi connectivity index (χ3n) is 9.25. The molecule has 0 spiro atoms. The predicted octanol–water partition coefficient (Wildman–Crippen LogP) is 3.71. The van der Waals surface area contributed by atoms with Crippen molar-refractivity contribution in [2.45, 2.75) is 59.2 Å². The smallest absolute Gasteiger partial charge is 0.311 e. The van der Waals surface area contributed by atoms with Gasteiger partial charge in [0.05, 0.1) is 12.0 Å². The molecule has 2 saturated heterocycles. The average Bonchev–Trinajstić information content (AvgIpc) is 3.08. The first kappa shape index (κ1) is 22.0. The maximum Gasteiger partial charge on any atom is 0.311 e. The number of carbonyl (C=O) groups excluding carboxylic acids is 1. The molecule has 0 amide bonds. The Labute approximate surface area is 192 Å². The van der Waals surface area contributed by atoms with Gasteiger partial charge >= 0.3 is 5.97 Å². The minimum Gasteiger partial charge on any atom is -0.461 e. The standard InChI is InChI=1S/C27H38N2O3/c1-17-8-9-21(14-18(17)2)29-12-10-28(11-13-29)16-22-24-23(32-26(22)31)15-20-7-5-6-19(3)27(20,4)25(24)30/h7-9,14,19,22-25,30H,5-6,10-13,15-16H2,1-4H3/t19-,22-,23-,24+,25-,27-/m1/s1. The van der Waals surface area contributed by atoms with Gasteiger partial charge in [0.1, 0.15) is 6.10 Å². The predicted molar refractivity (Wildman–Crippen MR) is 127 cm³/mol. The Morgan fingerprint density at radius 3 is 2.62 bits per heavy atom. The van der Waals surface area contributed by atoms with Gasteiger partial charge in [-0.15, -0.1) is 0 Å². The molecule has 1 aromatic carbocycles. The van der Waals surface area contributed by atoms with E-state index < -0.39 is 6.10 Å². The summed E-state index contributed by atoms with van der Waals surface area (Å²) in [6, 6.07) is 6.69. The monoisotopic (exact) mass is 438 g/mol. The number of aliphatic hydroxyl groups excluding tert-OH is 1. The fourth-order valence-corrected chi connectivity index (χ4v) is 6.66. The minimum absolute atomic E-state index is 0.0945. The van der Waals surface area contributed by atoms with Crippen LogP contribution in [0.1, 0.15) is 44.2 Å². The van der Waals surface area contributed by atoms with Crippen LogP contribution in [0.4, 0.5) is 5.69 Å². The lowest BCUT2D eigenvalue weighted by atomic mass is 9.55. The number of nitrogens with zero attached hydrogens (tertiary/aromatic N) is 2. The number of ether oxygens (including phenoxy) is 1. The third-order valence-corrected chi connectivity index (χ3v) is 9.25. The normalized spacial score (nSPS) is 37.5. The van der Waals surface area contributed by atoms with Crippen LogP contribution >= 0.6 is 0 Å². The zero-order valence-corrected chi connectivity index (χ0v) is 20.0. The summed E-state index contributed by atoms with van der Waals surface area (Å²) >= 11 is 0. The number of aliphatic hydroxyl groups is 1. The van der Waals surface area contributed by atoms with Crippen LogP contribution in [0.5, 0.6) is 0 Å². The molecule has 5 nitrogen and oxygen atoms in total. The second kappa shape index (κ2) is 8.18. The van der Waals surface area contributed by atoms with Crippen molar-refractivity contribution < 1.29 is 14.6 Å². The molecule has 1 N–H and O–H groups in total. The Bertz CT molecular complexity index is 919. The lowest BCUT2D eigenvalue weighted by molar-refractivity contribution is -0.145. The fourth-order valence-electron chi connectivity index (χ4n) is 6.66. The number of aryl methyl sites for hydroxylation is 2. The van der Waals surface area contributed by atoms with Gasteiger partial charge < -0.3 is 14.7 Å². The summed E-state index contributed by atoms with van der Waals surface area (Å²) in [5, 5.41) is 11.6. The molecule has 5 heteroatoms. The molecule has 2 aliphatic carbocycles. The van der Waals surface area contributed by atoms with E-state index in [1.165, 1.54) is 22.4 Å². The number of benzene rings is 1. The van der Waals surface area contributed by atoms with Crippen molar-refractivity contribution in [2.24, 2.45) is 23.2 Å². The number of hydrogen-bond donors (Lipinski definition) is 1. The first-order chi connectivity index (χ1) is 15.3. The SMILES string of the molecule is Cc1ccc(N2CCN(C[C@H]3C(=O)O[C@@H]4CC5=CCC[C@@H](C)[C@@]5(C)[C@H](O)[C@H]43)CC2)cc1C. The van der Waals surface area contributed by atoms with Crippen molar-refractivity contribution in [1.82, 2.24) is 4.90 Å². The largest absolute Gasteiger partial charge is 0.461 e. The maximum absolute atomic E-state index is 12.9. The Morgan fingerprint density at radius 2 is 1.91 bits per heavy atom. The van der Waals surface area contributed by atoms with Crippen LogP contribution in [0.2, 0.25) is 0 Å². The van der Waals surface area contributed by atoms with E-state index >= 15 is 0 Å². The van der Waals surface area contributed by atoms with E-state index in [2.05, 4.69) is 61.8 Å². The summed E-state index contributed by atoms with van der Waals surface area (Å²) in [5.74, 6) is 0.00102. The first-order valence-electron chi connectivity index (χ1n) is 12.4. The van der Waals surface area contributed by atoms with Crippen molar-refractivity contribution in [3.05, 3.63) is 41.0 Å². The van der Waals surface area contributed by atoms with Crippen LogP contribution in [-0.2, 0) is 9.53 Å². The average molecular weight is 439 g/mol. The number of fused-ring (bicyclic) bond motifs is 2. The molecular weight excluding hydrogens is 400 g/mol. The maximum atomic E-state index is 12.9. The second-order valence-electron chi connectivity index (χ2n) is 10.9. The molecule has 174 valence electrons. The lowest BCUT2D eigenvalue weighted by Gasteiger charge is -2.52. The van der Waals surface area contributed by atoms with E-state index in [0.717, 1.165) is 45.4 Å². The Morgan fingerprint density at radius 1 is 1.16 bits per heavy atom. The number of allylic oxidation sites excluding steroid dienone is 1. The van der Waals surface area contributed by atoms with Crippen LogP contribution in [0, 0.1) is 37.0 Å². The highest BCUT2D eigenvalue weighted by Crippen LogP contribution is 2.56. The number of piperazine rings is 1. The molecule has 5 rings (SSSR count). The summed E-state index contributed by atoms with van der Waals surface area (Å²) < 4.78 is 5.86. The molecule has 32 heavy (non-hydrogen) atoms. The molecule has 6 atom stereocenters. The molecular formula is C27H38N2O3. The van der Waals surface area contributed by atoms with Gasteiger partial charge in [0, 0.05) is 56.2 Å². The molecule has 2 aliphatic heterocycles. The molecule has 0 bridgehead atoms. The van der Waals surface area contributed by atoms with Crippen LogP contribution < -0.4 is 4.90 Å². The van der Waals surface area contributed by atoms with Gasteiger partial charge in [-0.25, -0.2) is 0 Å². The van der Waals surface area contributed by atoms with Gasteiger partial charge in [0.15, 0.2) is 0 Å². The molecule has 1 aromatic rings. The topological polar surface area (TPSA) is 53.0 Å². The molecule has 0 unspecified atom stereocenters. The van der Waals surface area contributed by atoms with Crippen LogP contribution in [-0.4, -0.2) is 60.9 Å². The van der Waals surface area contributed by atoms with E-state index in [1.807, 2.05) is 0 Å². The highest BCUT2D eigenvalue weighted by Gasteiger charge is 2.59. The quantitative estimate of drug-likeness (QED) is 0.576. The van der Waals surface area contributed by atoms with Gasteiger partial charge in [-0.05, 0) is 55.9 Å². The van der Waals surface area contributed by atoms with E-state index in [4.69, 9.17) is 4.74 Å². The van der Waals surface area contributed by atoms with E-state index in [1.54, 1.807) is 0 Å². The number of hydrogen-bond acceptors (Lipinski definition) is 5. The summed E-state index contributed by atoms with van der Waals surface area (Å²) in [4.78, 5) is 17.8. The van der Waals surface area contributed by atoms with Gasteiger partial charge in [-0.1, -0.05) is 31.6 Å². The minimum atomic E-state index is -0.518. The van der Waals surface area contributed by atoms with Crippen LogP contribution in [0.15, 0.2) is 29.8 Å². The van der Waals surface area contributed by atoms with Gasteiger partial charge in [-0.2, -0.15) is 0 Å². The van der Waals surface area contributed by atoms with Gasteiger partial charge in [-0.3, -0.25) is 9.69 Å². The van der Waals surface area contributed by atoms with Crippen molar-refractivity contribution in [3.63, 3.8) is 0 Å². The van der Waals surface area contributed by atoms with Crippen molar-refractivity contribution in [1.29, 1.82) is 0 Å². The van der Waals surface area contributed by atoms with E-state index in [9.17, 15) is 9.90 Å². The molecule has 1 saturated carbocycles. The number of rotatable bonds is 3. The number of esters is 1. The molecule has 0 aromatic heterocycles. The zero-order chi connectivity index (χ0) is 22.6. The molecule has 2 heterocycles. The Kier molecular flexibility index (Phi) is 5.61. The summed E-state index contributed by atoms with van der Waals surface area (Å²) in [7, 11) is 0. The Balaban J connectivity index is 1.27. The lowest BCUT2D eigenvalue weighted by Crippen LogP contribution is -2.55.